The molecule has 0 spiro atoms. The summed E-state index contributed by atoms with van der Waals surface area (Å²) in [5, 5.41) is 3.03. The molecule has 3 aliphatic rings. The van der Waals surface area contributed by atoms with Gasteiger partial charge in [-0.05, 0) is 42.2 Å². The number of carbonyl (C=O) groups is 2. The van der Waals surface area contributed by atoms with Gasteiger partial charge in [-0.2, -0.15) is 0 Å². The molecule has 0 saturated carbocycles. The van der Waals surface area contributed by atoms with E-state index in [1.54, 1.807) is 4.90 Å². The van der Waals surface area contributed by atoms with Crippen molar-refractivity contribution in [2.75, 3.05) is 43.2 Å². The van der Waals surface area contributed by atoms with Gasteiger partial charge in [-0.3, -0.25) is 9.59 Å². The van der Waals surface area contributed by atoms with Crippen molar-refractivity contribution in [1.82, 2.24) is 5.32 Å². The number of rotatable bonds is 4. The summed E-state index contributed by atoms with van der Waals surface area (Å²) in [5.41, 5.74) is 4.44. The fourth-order valence-electron chi connectivity index (χ4n) is 4.61. The van der Waals surface area contributed by atoms with E-state index >= 15 is 0 Å². The molecule has 5 rings (SSSR count). The maximum absolute atomic E-state index is 12.8. The number of anilines is 2. The number of carbonyl (C=O) groups excluding carboxylic acids is 2. The number of aryl methyl sites for hydroxylation is 1. The predicted molar refractivity (Wildman–Crippen MR) is 118 cm³/mol. The van der Waals surface area contributed by atoms with Crippen molar-refractivity contribution in [2.45, 2.75) is 25.8 Å². The number of benzene rings is 2. The second-order valence-electron chi connectivity index (χ2n) is 8.44. The largest absolute Gasteiger partial charge is 0.486 e. The van der Waals surface area contributed by atoms with Crippen molar-refractivity contribution in [3.8, 4) is 11.5 Å². The summed E-state index contributed by atoms with van der Waals surface area (Å²) in [6, 6.07) is 11.9. The van der Waals surface area contributed by atoms with Crippen LogP contribution in [0.1, 0.15) is 24.0 Å². The lowest BCUT2D eigenvalue weighted by molar-refractivity contribution is -0.126. The number of fused-ring (bicyclic) bond motifs is 2. The lowest BCUT2D eigenvalue weighted by Gasteiger charge is -2.27. The predicted octanol–water partition coefficient (Wildman–Crippen LogP) is 2.51. The van der Waals surface area contributed by atoms with Crippen LogP contribution in [0, 0.1) is 5.92 Å². The van der Waals surface area contributed by atoms with E-state index in [1.807, 2.05) is 18.2 Å². The Bertz CT molecular complexity index is 1020. The highest BCUT2D eigenvalue weighted by Gasteiger charge is 2.35. The van der Waals surface area contributed by atoms with Gasteiger partial charge in [0.2, 0.25) is 11.8 Å². The Morgan fingerprint density at radius 3 is 2.84 bits per heavy atom. The van der Waals surface area contributed by atoms with Gasteiger partial charge in [0.05, 0.1) is 5.92 Å². The quantitative estimate of drug-likeness (QED) is 0.822. The summed E-state index contributed by atoms with van der Waals surface area (Å²) >= 11 is 0. The van der Waals surface area contributed by atoms with E-state index in [4.69, 9.17) is 9.47 Å². The minimum Gasteiger partial charge on any atom is -0.486 e. The monoisotopic (exact) mass is 421 g/mol. The van der Waals surface area contributed by atoms with Crippen LogP contribution >= 0.6 is 0 Å². The lowest BCUT2D eigenvalue weighted by atomic mass is 9.99. The van der Waals surface area contributed by atoms with Crippen LogP contribution in [-0.4, -0.2) is 45.2 Å². The van der Waals surface area contributed by atoms with E-state index in [1.165, 1.54) is 11.3 Å². The van der Waals surface area contributed by atoms with Gasteiger partial charge < -0.3 is 24.6 Å². The summed E-state index contributed by atoms with van der Waals surface area (Å²) in [7, 11) is 2.12. The van der Waals surface area contributed by atoms with Gasteiger partial charge in [0, 0.05) is 50.5 Å². The first-order chi connectivity index (χ1) is 15.1. The Morgan fingerprint density at radius 2 is 1.97 bits per heavy atom. The van der Waals surface area contributed by atoms with E-state index in [-0.39, 0.29) is 24.2 Å². The van der Waals surface area contributed by atoms with E-state index < -0.39 is 0 Å². The molecule has 3 aliphatic heterocycles. The Hall–Kier alpha value is -3.22. The van der Waals surface area contributed by atoms with Crippen LogP contribution in [0.5, 0.6) is 11.5 Å². The van der Waals surface area contributed by atoms with Crippen molar-refractivity contribution >= 4 is 23.2 Å². The summed E-state index contributed by atoms with van der Waals surface area (Å²) in [4.78, 5) is 29.3. The van der Waals surface area contributed by atoms with E-state index in [0.29, 0.717) is 37.8 Å². The first-order valence-electron chi connectivity index (χ1n) is 10.9. The maximum Gasteiger partial charge on any atom is 0.227 e. The molecule has 1 saturated heterocycles. The standard InChI is InChI=1S/C24H27N3O4/c1-26-8-2-3-17-11-16(4-6-20(17)26)14-25-24(29)18-12-23(28)27(15-18)19-5-7-21-22(13-19)31-10-9-30-21/h4-7,11,13,18H,2-3,8-10,12,14-15H2,1H3,(H,25,29). The van der Waals surface area contributed by atoms with Gasteiger partial charge in [0.1, 0.15) is 13.2 Å². The van der Waals surface area contributed by atoms with Crippen molar-refractivity contribution in [3.63, 3.8) is 0 Å². The van der Waals surface area contributed by atoms with Crippen LogP contribution in [0.3, 0.4) is 0 Å². The Labute approximate surface area is 181 Å². The average molecular weight is 421 g/mol. The molecule has 3 heterocycles. The molecule has 1 fully saturated rings. The number of nitrogens with zero attached hydrogens (tertiary/aromatic N) is 2. The fourth-order valence-corrected chi connectivity index (χ4v) is 4.61. The van der Waals surface area contributed by atoms with Crippen molar-refractivity contribution in [3.05, 3.63) is 47.5 Å². The lowest BCUT2D eigenvalue weighted by Crippen LogP contribution is -2.32. The number of amides is 2. The van der Waals surface area contributed by atoms with Gasteiger partial charge in [-0.1, -0.05) is 12.1 Å². The SMILES string of the molecule is CN1CCCc2cc(CNC(=O)C3CC(=O)N(c4ccc5c(c4)OCCO5)C3)ccc21. The highest BCUT2D eigenvalue weighted by molar-refractivity contribution is 6.00. The highest BCUT2D eigenvalue weighted by Crippen LogP contribution is 2.36. The van der Waals surface area contributed by atoms with E-state index in [9.17, 15) is 9.59 Å². The number of hydrogen-bond acceptors (Lipinski definition) is 5. The first kappa shape index (κ1) is 19.7. The summed E-state index contributed by atoms with van der Waals surface area (Å²) in [6.07, 6.45) is 2.44. The molecule has 0 radical (unpaired) electrons. The summed E-state index contributed by atoms with van der Waals surface area (Å²) in [5.74, 6) is 0.844. The van der Waals surface area contributed by atoms with Crippen molar-refractivity contribution in [1.29, 1.82) is 0 Å². The molecule has 31 heavy (non-hydrogen) atoms. The molecule has 1 atom stereocenters. The highest BCUT2D eigenvalue weighted by atomic mass is 16.6. The zero-order valence-corrected chi connectivity index (χ0v) is 17.7. The van der Waals surface area contributed by atoms with Crippen LogP contribution in [0.15, 0.2) is 36.4 Å². The Balaban J connectivity index is 1.22. The number of nitrogens with one attached hydrogen (secondary N) is 1. The van der Waals surface area contributed by atoms with Gasteiger partial charge in [-0.15, -0.1) is 0 Å². The molecule has 2 amide bonds. The minimum absolute atomic E-state index is 0.0476. The molecule has 2 aromatic carbocycles. The van der Waals surface area contributed by atoms with Crippen molar-refractivity contribution < 1.29 is 19.1 Å². The number of ether oxygens (including phenoxy) is 2. The van der Waals surface area contributed by atoms with Gasteiger partial charge in [0.25, 0.3) is 0 Å². The van der Waals surface area contributed by atoms with Crippen LogP contribution in [0.4, 0.5) is 11.4 Å². The van der Waals surface area contributed by atoms with Crippen LogP contribution in [0.2, 0.25) is 0 Å². The minimum atomic E-state index is -0.357. The van der Waals surface area contributed by atoms with Crippen LogP contribution in [0.25, 0.3) is 0 Å². The normalized spacial score (nSPS) is 19.9. The van der Waals surface area contributed by atoms with Gasteiger partial charge in [-0.25, -0.2) is 0 Å². The smallest absolute Gasteiger partial charge is 0.227 e. The summed E-state index contributed by atoms with van der Waals surface area (Å²) in [6.45, 7) is 2.95. The molecule has 1 unspecified atom stereocenters. The molecular weight excluding hydrogens is 394 g/mol. The van der Waals surface area contributed by atoms with Gasteiger partial charge in [0.15, 0.2) is 11.5 Å². The van der Waals surface area contributed by atoms with Crippen molar-refractivity contribution in [2.24, 2.45) is 5.92 Å². The molecule has 1 N–H and O–H groups in total. The zero-order chi connectivity index (χ0) is 21.4. The third kappa shape index (κ3) is 3.92. The third-order valence-electron chi connectivity index (χ3n) is 6.29. The Kier molecular flexibility index (Phi) is 5.18. The van der Waals surface area contributed by atoms with E-state index in [0.717, 1.165) is 30.6 Å². The third-order valence-corrected chi connectivity index (χ3v) is 6.29. The molecule has 7 nitrogen and oxygen atoms in total. The van der Waals surface area contributed by atoms with Crippen LogP contribution < -0.4 is 24.6 Å². The molecular formula is C24H27N3O4. The first-order valence-corrected chi connectivity index (χ1v) is 10.9. The van der Waals surface area contributed by atoms with E-state index in [2.05, 4.69) is 35.5 Å². The average Bonchev–Trinajstić information content (AvgIpc) is 3.19. The van der Waals surface area contributed by atoms with Gasteiger partial charge >= 0.3 is 0 Å². The second kappa shape index (κ2) is 8.13. The maximum atomic E-state index is 12.8. The number of hydrogen-bond donors (Lipinski definition) is 1. The fraction of sp³-hybridized carbons (Fsp3) is 0.417. The molecule has 162 valence electrons. The molecule has 2 aromatic rings. The molecule has 0 bridgehead atoms. The topological polar surface area (TPSA) is 71.1 Å². The molecule has 0 aliphatic carbocycles. The second-order valence-corrected chi connectivity index (χ2v) is 8.44. The van der Waals surface area contributed by atoms with Crippen LogP contribution in [-0.2, 0) is 22.6 Å². The molecule has 0 aromatic heterocycles. The summed E-state index contributed by atoms with van der Waals surface area (Å²) < 4.78 is 11.2. The Morgan fingerprint density at radius 1 is 1.13 bits per heavy atom. The zero-order valence-electron chi connectivity index (χ0n) is 17.7. The molecule has 7 heteroatoms.